The van der Waals surface area contributed by atoms with Crippen molar-refractivity contribution in [3.63, 3.8) is 0 Å². The zero-order valence-corrected chi connectivity index (χ0v) is 14.1. The lowest BCUT2D eigenvalue weighted by Crippen LogP contribution is -2.50. The Balaban J connectivity index is 1.86. The minimum atomic E-state index is 0.0519. The van der Waals surface area contributed by atoms with Crippen molar-refractivity contribution in [1.29, 1.82) is 0 Å². The van der Waals surface area contributed by atoms with Crippen LogP contribution in [0.4, 0.5) is 0 Å². The van der Waals surface area contributed by atoms with Crippen LogP contribution >= 0.6 is 27.3 Å². The molecule has 1 saturated heterocycles. The van der Waals surface area contributed by atoms with Gasteiger partial charge in [-0.3, -0.25) is 9.69 Å². The second-order valence-corrected chi connectivity index (χ2v) is 7.77. The van der Waals surface area contributed by atoms with Gasteiger partial charge in [-0.2, -0.15) is 0 Å². The van der Waals surface area contributed by atoms with Crippen LogP contribution in [0.3, 0.4) is 0 Å². The maximum Gasteiger partial charge on any atom is 0.262 e. The molecule has 3 nitrogen and oxygen atoms in total. The third kappa shape index (κ3) is 3.80. The standard InChI is InChI=1S/C14H21BrN2OS/c1-14(2,3)17-7-4-10(5-8-17)16-13(18)12-11(15)6-9-19-12/h6,9-10H,4-5,7-8H2,1-3H3,(H,16,18). The summed E-state index contributed by atoms with van der Waals surface area (Å²) < 4.78 is 0.891. The van der Waals surface area contributed by atoms with Gasteiger partial charge in [0, 0.05) is 29.1 Å². The van der Waals surface area contributed by atoms with E-state index in [1.165, 1.54) is 11.3 Å². The van der Waals surface area contributed by atoms with Crippen LogP contribution in [-0.2, 0) is 0 Å². The lowest BCUT2D eigenvalue weighted by atomic mass is 9.98. The van der Waals surface area contributed by atoms with E-state index < -0.39 is 0 Å². The van der Waals surface area contributed by atoms with Gasteiger partial charge in [0.1, 0.15) is 4.88 Å². The quantitative estimate of drug-likeness (QED) is 0.890. The van der Waals surface area contributed by atoms with Gasteiger partial charge in [-0.25, -0.2) is 0 Å². The molecule has 1 aliphatic rings. The Morgan fingerprint density at radius 1 is 1.42 bits per heavy atom. The number of carbonyl (C=O) groups excluding carboxylic acids is 1. The molecule has 2 rings (SSSR count). The number of piperidine rings is 1. The van der Waals surface area contributed by atoms with Crippen molar-refractivity contribution < 1.29 is 4.79 Å². The van der Waals surface area contributed by atoms with Crippen LogP contribution in [0.15, 0.2) is 15.9 Å². The SMILES string of the molecule is CC(C)(C)N1CCC(NC(=O)c2sccc2Br)CC1. The molecule has 19 heavy (non-hydrogen) atoms. The fourth-order valence-corrected chi connectivity index (χ4v) is 3.86. The second kappa shape index (κ2) is 5.94. The van der Waals surface area contributed by atoms with Crippen LogP contribution < -0.4 is 5.32 Å². The summed E-state index contributed by atoms with van der Waals surface area (Å²) in [5.74, 6) is 0.0519. The van der Waals surface area contributed by atoms with Crippen LogP contribution in [-0.4, -0.2) is 35.5 Å². The number of amides is 1. The predicted octanol–water partition coefficient (Wildman–Crippen LogP) is 3.50. The number of nitrogens with zero attached hydrogens (tertiary/aromatic N) is 1. The fourth-order valence-electron chi connectivity index (χ4n) is 2.40. The zero-order valence-electron chi connectivity index (χ0n) is 11.7. The summed E-state index contributed by atoms with van der Waals surface area (Å²) in [5, 5.41) is 5.08. The highest BCUT2D eigenvalue weighted by molar-refractivity contribution is 9.10. The van der Waals surface area contributed by atoms with E-state index in [1.54, 1.807) is 0 Å². The normalized spacial score (nSPS) is 18.5. The molecule has 1 amide bonds. The van der Waals surface area contributed by atoms with Crippen molar-refractivity contribution in [2.24, 2.45) is 0 Å². The number of likely N-dealkylation sites (tertiary alicyclic amines) is 1. The van der Waals surface area contributed by atoms with E-state index in [0.29, 0.717) is 6.04 Å². The highest BCUT2D eigenvalue weighted by Gasteiger charge is 2.28. The molecule has 0 radical (unpaired) electrons. The third-order valence-corrected chi connectivity index (χ3v) is 5.44. The fraction of sp³-hybridized carbons (Fsp3) is 0.643. The summed E-state index contributed by atoms with van der Waals surface area (Å²) in [6, 6.07) is 2.22. The minimum absolute atomic E-state index is 0.0519. The monoisotopic (exact) mass is 344 g/mol. The average molecular weight is 345 g/mol. The minimum Gasteiger partial charge on any atom is -0.348 e. The van der Waals surface area contributed by atoms with Crippen molar-refractivity contribution in [2.75, 3.05) is 13.1 Å². The number of carbonyl (C=O) groups is 1. The Labute approximate surface area is 127 Å². The van der Waals surface area contributed by atoms with E-state index >= 15 is 0 Å². The molecule has 0 unspecified atom stereocenters. The molecule has 106 valence electrons. The van der Waals surface area contributed by atoms with Gasteiger partial charge in [-0.05, 0) is 61.0 Å². The first-order valence-corrected chi connectivity index (χ1v) is 8.34. The average Bonchev–Trinajstić information content (AvgIpc) is 2.75. The summed E-state index contributed by atoms with van der Waals surface area (Å²) >= 11 is 4.89. The van der Waals surface area contributed by atoms with Crippen molar-refractivity contribution in [3.05, 3.63) is 20.8 Å². The Morgan fingerprint density at radius 2 is 2.05 bits per heavy atom. The van der Waals surface area contributed by atoms with E-state index in [0.717, 1.165) is 35.3 Å². The molecule has 0 aromatic carbocycles. The molecule has 0 aliphatic carbocycles. The molecule has 2 heterocycles. The van der Waals surface area contributed by atoms with Crippen LogP contribution in [0.25, 0.3) is 0 Å². The first-order chi connectivity index (χ1) is 8.88. The van der Waals surface area contributed by atoms with Crippen LogP contribution in [0, 0.1) is 0 Å². The molecule has 1 aromatic rings. The zero-order chi connectivity index (χ0) is 14.0. The topological polar surface area (TPSA) is 32.3 Å². The van der Waals surface area contributed by atoms with E-state index in [9.17, 15) is 4.79 Å². The highest BCUT2D eigenvalue weighted by Crippen LogP contribution is 2.24. The van der Waals surface area contributed by atoms with E-state index in [2.05, 4.69) is 46.9 Å². The highest BCUT2D eigenvalue weighted by atomic mass is 79.9. The lowest BCUT2D eigenvalue weighted by Gasteiger charge is -2.41. The molecular weight excluding hydrogens is 324 g/mol. The van der Waals surface area contributed by atoms with Gasteiger partial charge in [-0.1, -0.05) is 0 Å². The van der Waals surface area contributed by atoms with Gasteiger partial charge in [-0.15, -0.1) is 11.3 Å². The van der Waals surface area contributed by atoms with Crippen LogP contribution in [0.1, 0.15) is 43.3 Å². The molecule has 0 spiro atoms. The number of hydrogen-bond acceptors (Lipinski definition) is 3. The van der Waals surface area contributed by atoms with Gasteiger partial charge >= 0.3 is 0 Å². The molecule has 1 fully saturated rings. The first kappa shape index (κ1) is 15.0. The summed E-state index contributed by atoms with van der Waals surface area (Å²) in [7, 11) is 0. The maximum absolute atomic E-state index is 12.1. The molecule has 1 aromatic heterocycles. The first-order valence-electron chi connectivity index (χ1n) is 6.67. The Bertz CT molecular complexity index is 445. The van der Waals surface area contributed by atoms with Crippen molar-refractivity contribution in [3.8, 4) is 0 Å². The number of rotatable bonds is 2. The van der Waals surface area contributed by atoms with Crippen molar-refractivity contribution in [1.82, 2.24) is 10.2 Å². The number of thiophene rings is 1. The van der Waals surface area contributed by atoms with Gasteiger partial charge in [0.2, 0.25) is 0 Å². The second-order valence-electron chi connectivity index (χ2n) is 6.00. The van der Waals surface area contributed by atoms with Crippen molar-refractivity contribution in [2.45, 2.75) is 45.2 Å². The van der Waals surface area contributed by atoms with E-state index in [1.807, 2.05) is 11.4 Å². The van der Waals surface area contributed by atoms with Crippen molar-refractivity contribution >= 4 is 33.2 Å². The molecule has 1 N–H and O–H groups in total. The lowest BCUT2D eigenvalue weighted by molar-refractivity contribution is 0.0815. The number of halogens is 1. The molecular formula is C14H21BrN2OS. The van der Waals surface area contributed by atoms with Gasteiger partial charge in [0.15, 0.2) is 0 Å². The smallest absolute Gasteiger partial charge is 0.262 e. The molecule has 5 heteroatoms. The number of hydrogen-bond donors (Lipinski definition) is 1. The third-order valence-electron chi connectivity index (χ3n) is 3.60. The van der Waals surface area contributed by atoms with Crippen LogP contribution in [0.2, 0.25) is 0 Å². The Kier molecular flexibility index (Phi) is 4.69. The molecule has 1 aliphatic heterocycles. The van der Waals surface area contributed by atoms with Crippen LogP contribution in [0.5, 0.6) is 0 Å². The van der Waals surface area contributed by atoms with Gasteiger partial charge in [0.25, 0.3) is 5.91 Å². The molecule has 0 bridgehead atoms. The van der Waals surface area contributed by atoms with Gasteiger partial charge in [0.05, 0.1) is 0 Å². The Morgan fingerprint density at radius 3 is 2.53 bits per heavy atom. The van der Waals surface area contributed by atoms with E-state index in [-0.39, 0.29) is 11.4 Å². The maximum atomic E-state index is 12.1. The van der Waals surface area contributed by atoms with Gasteiger partial charge < -0.3 is 5.32 Å². The summed E-state index contributed by atoms with van der Waals surface area (Å²) in [6.45, 7) is 8.85. The van der Waals surface area contributed by atoms with E-state index in [4.69, 9.17) is 0 Å². The predicted molar refractivity (Wildman–Crippen MR) is 83.8 cm³/mol. The summed E-state index contributed by atoms with van der Waals surface area (Å²) in [6.07, 6.45) is 2.07. The largest absolute Gasteiger partial charge is 0.348 e. The molecule has 0 saturated carbocycles. The molecule has 0 atom stereocenters. The summed E-state index contributed by atoms with van der Waals surface area (Å²) in [5.41, 5.74) is 0.228. The summed E-state index contributed by atoms with van der Waals surface area (Å²) in [4.78, 5) is 15.4. The number of nitrogens with one attached hydrogen (secondary N) is 1. The Hall–Kier alpha value is -0.390.